The maximum Gasteiger partial charge on any atom is 0.432 e. The Labute approximate surface area is 105 Å². The number of hydrogen-bond donors (Lipinski definition) is 2. The summed E-state index contributed by atoms with van der Waals surface area (Å²) in [5.74, 6) is -2.37. The number of phenols is 1. The second-order valence-electron chi connectivity index (χ2n) is 3.37. The maximum absolute atomic E-state index is 12.8. The highest BCUT2D eigenvalue weighted by Crippen LogP contribution is 2.41. The van der Waals surface area contributed by atoms with Crippen molar-refractivity contribution in [1.82, 2.24) is 0 Å². The number of esters is 1. The third-order valence-corrected chi connectivity index (χ3v) is 2.56. The molecule has 0 aliphatic carbocycles. The van der Waals surface area contributed by atoms with Crippen LogP contribution >= 0.6 is 11.6 Å². The number of carbonyl (C=O) groups excluding carboxylic acids is 1. The molecule has 0 heterocycles. The van der Waals surface area contributed by atoms with E-state index in [1.165, 1.54) is 0 Å². The van der Waals surface area contributed by atoms with Crippen LogP contribution in [0.5, 0.6) is 5.75 Å². The lowest BCUT2D eigenvalue weighted by molar-refractivity contribution is -0.266. The van der Waals surface area contributed by atoms with Crippen molar-refractivity contribution in [2.24, 2.45) is 0 Å². The average Bonchev–Trinajstić information content (AvgIpc) is 2.29. The number of benzene rings is 1. The van der Waals surface area contributed by atoms with E-state index in [2.05, 4.69) is 4.74 Å². The molecule has 0 fully saturated rings. The summed E-state index contributed by atoms with van der Waals surface area (Å²) in [6.07, 6.45) is -5.29. The fourth-order valence-electron chi connectivity index (χ4n) is 1.28. The van der Waals surface area contributed by atoms with Gasteiger partial charge in [0.2, 0.25) is 0 Å². The van der Waals surface area contributed by atoms with E-state index in [1.807, 2.05) is 0 Å². The molecule has 0 aliphatic rings. The zero-order valence-corrected chi connectivity index (χ0v) is 9.71. The van der Waals surface area contributed by atoms with Crippen molar-refractivity contribution in [3.8, 4) is 5.75 Å². The molecule has 0 aromatic heterocycles. The van der Waals surface area contributed by atoms with Crippen LogP contribution in [0.25, 0.3) is 0 Å². The van der Waals surface area contributed by atoms with E-state index in [-0.39, 0.29) is 0 Å². The fraction of sp³-hybridized carbons (Fsp3) is 0.300. The van der Waals surface area contributed by atoms with Crippen molar-refractivity contribution < 1.29 is 32.9 Å². The molecule has 0 bridgehead atoms. The molecule has 0 unspecified atom stereocenters. The number of hydrogen-bond acceptors (Lipinski definition) is 4. The van der Waals surface area contributed by atoms with E-state index in [1.54, 1.807) is 0 Å². The van der Waals surface area contributed by atoms with Gasteiger partial charge in [0.25, 0.3) is 5.60 Å². The summed E-state index contributed by atoms with van der Waals surface area (Å²) in [7, 11) is 0.709. The van der Waals surface area contributed by atoms with Crippen LogP contribution in [0.1, 0.15) is 5.56 Å². The minimum Gasteiger partial charge on any atom is -0.506 e. The Bertz CT molecular complexity index is 475. The summed E-state index contributed by atoms with van der Waals surface area (Å²) in [6.45, 7) is 0. The number of ether oxygens (including phenoxy) is 1. The average molecular weight is 285 g/mol. The van der Waals surface area contributed by atoms with Crippen LogP contribution in [0.4, 0.5) is 13.2 Å². The zero-order valence-electron chi connectivity index (χ0n) is 8.95. The number of alkyl halides is 3. The predicted octanol–water partition coefficient (Wildman–Crippen LogP) is 1.97. The van der Waals surface area contributed by atoms with Crippen molar-refractivity contribution in [2.45, 2.75) is 11.8 Å². The van der Waals surface area contributed by atoms with Crippen molar-refractivity contribution in [3.63, 3.8) is 0 Å². The van der Waals surface area contributed by atoms with Crippen LogP contribution in [0, 0.1) is 0 Å². The van der Waals surface area contributed by atoms with Crippen LogP contribution in [-0.4, -0.2) is 29.5 Å². The molecule has 100 valence electrons. The van der Waals surface area contributed by atoms with Gasteiger partial charge in [0.15, 0.2) is 0 Å². The molecule has 2 N–H and O–H groups in total. The topological polar surface area (TPSA) is 66.8 Å². The molecule has 1 atom stereocenters. The molecule has 0 aliphatic heterocycles. The third-order valence-electron chi connectivity index (χ3n) is 2.26. The van der Waals surface area contributed by atoms with E-state index in [0.717, 1.165) is 12.1 Å². The van der Waals surface area contributed by atoms with E-state index >= 15 is 0 Å². The first kappa shape index (κ1) is 14.6. The highest BCUT2D eigenvalue weighted by Gasteiger charge is 2.62. The Balaban J connectivity index is 3.45. The van der Waals surface area contributed by atoms with Crippen molar-refractivity contribution >= 4 is 17.6 Å². The van der Waals surface area contributed by atoms with Gasteiger partial charge in [0.1, 0.15) is 5.75 Å². The summed E-state index contributed by atoms with van der Waals surface area (Å²) in [5.41, 5.74) is -4.68. The number of aromatic hydroxyl groups is 1. The summed E-state index contributed by atoms with van der Waals surface area (Å²) < 4.78 is 42.4. The second kappa shape index (κ2) is 4.66. The van der Waals surface area contributed by atoms with Crippen LogP contribution in [0.3, 0.4) is 0 Å². The van der Waals surface area contributed by atoms with Crippen LogP contribution < -0.4 is 0 Å². The fourth-order valence-corrected chi connectivity index (χ4v) is 1.46. The summed E-state index contributed by atoms with van der Waals surface area (Å²) in [5, 5.41) is 18.2. The van der Waals surface area contributed by atoms with Gasteiger partial charge in [-0.25, -0.2) is 4.79 Å². The lowest BCUT2D eigenvalue weighted by Crippen LogP contribution is -2.49. The van der Waals surface area contributed by atoms with E-state index in [9.17, 15) is 23.1 Å². The first-order chi connectivity index (χ1) is 8.14. The molecule has 1 aromatic carbocycles. The SMILES string of the molecule is COC(=O)[C@@](O)(c1ccc(O)c(Cl)c1)C(F)(F)F. The van der Waals surface area contributed by atoms with Crippen LogP contribution in [0.2, 0.25) is 5.02 Å². The quantitative estimate of drug-likeness (QED) is 0.815. The third kappa shape index (κ3) is 2.23. The molecule has 18 heavy (non-hydrogen) atoms. The van der Waals surface area contributed by atoms with Crippen molar-refractivity contribution in [3.05, 3.63) is 28.8 Å². The number of phenolic OH excluding ortho intramolecular Hbond substituents is 1. The number of aliphatic hydroxyl groups is 1. The lowest BCUT2D eigenvalue weighted by atomic mass is 9.93. The van der Waals surface area contributed by atoms with E-state index in [0.29, 0.717) is 13.2 Å². The maximum atomic E-state index is 12.8. The summed E-state index contributed by atoms with van der Waals surface area (Å²) >= 11 is 5.44. The predicted molar refractivity (Wildman–Crippen MR) is 55.1 cm³/mol. The first-order valence-corrected chi connectivity index (χ1v) is 4.89. The monoisotopic (exact) mass is 284 g/mol. The smallest absolute Gasteiger partial charge is 0.432 e. The normalized spacial score (nSPS) is 15.0. The number of rotatable bonds is 2. The highest BCUT2D eigenvalue weighted by atomic mass is 35.5. The van der Waals surface area contributed by atoms with Gasteiger partial charge in [-0.3, -0.25) is 0 Å². The standard InChI is InChI=1S/C10H8ClF3O4/c1-18-8(16)9(17,10(12,13)14)5-2-3-7(15)6(11)4-5/h2-4,15,17H,1H3/t9-/m0/s1. The van der Waals surface area contributed by atoms with Gasteiger partial charge in [-0.05, 0) is 12.1 Å². The Kier molecular flexibility index (Phi) is 3.78. The summed E-state index contributed by atoms with van der Waals surface area (Å²) in [6, 6.07) is 2.20. The molecule has 4 nitrogen and oxygen atoms in total. The molecule has 0 amide bonds. The van der Waals surface area contributed by atoms with E-state index < -0.39 is 34.1 Å². The molecule has 0 spiro atoms. The van der Waals surface area contributed by atoms with Gasteiger partial charge in [0, 0.05) is 5.56 Å². The first-order valence-electron chi connectivity index (χ1n) is 4.51. The molecule has 0 saturated carbocycles. The zero-order chi connectivity index (χ0) is 14.1. The minimum absolute atomic E-state index is 0.431. The Morgan fingerprint density at radius 1 is 1.39 bits per heavy atom. The Hall–Kier alpha value is -1.47. The van der Waals surface area contributed by atoms with Gasteiger partial charge >= 0.3 is 12.1 Å². The largest absolute Gasteiger partial charge is 0.506 e. The Morgan fingerprint density at radius 2 is 1.94 bits per heavy atom. The second-order valence-corrected chi connectivity index (χ2v) is 3.77. The number of methoxy groups -OCH3 is 1. The van der Waals surface area contributed by atoms with Crippen LogP contribution in [0.15, 0.2) is 18.2 Å². The molecule has 1 aromatic rings. The molecular formula is C10H8ClF3O4. The highest BCUT2D eigenvalue weighted by molar-refractivity contribution is 6.32. The lowest BCUT2D eigenvalue weighted by Gasteiger charge is -2.28. The molecule has 8 heteroatoms. The Morgan fingerprint density at radius 3 is 2.33 bits per heavy atom. The van der Waals surface area contributed by atoms with Gasteiger partial charge in [-0.1, -0.05) is 17.7 Å². The molecule has 0 saturated heterocycles. The van der Waals surface area contributed by atoms with Crippen molar-refractivity contribution in [1.29, 1.82) is 0 Å². The molecule has 1 rings (SSSR count). The molecule has 0 radical (unpaired) electrons. The summed E-state index contributed by atoms with van der Waals surface area (Å²) in [4.78, 5) is 11.2. The van der Waals surface area contributed by atoms with Gasteiger partial charge in [-0.2, -0.15) is 13.2 Å². The van der Waals surface area contributed by atoms with Crippen LogP contribution in [-0.2, 0) is 15.1 Å². The van der Waals surface area contributed by atoms with Gasteiger partial charge < -0.3 is 14.9 Å². The minimum atomic E-state index is -5.29. The van der Waals surface area contributed by atoms with E-state index in [4.69, 9.17) is 16.7 Å². The van der Waals surface area contributed by atoms with Crippen molar-refractivity contribution in [2.75, 3.05) is 7.11 Å². The number of halogens is 4. The number of carbonyl (C=O) groups is 1. The van der Waals surface area contributed by atoms with Gasteiger partial charge in [-0.15, -0.1) is 0 Å². The van der Waals surface area contributed by atoms with Gasteiger partial charge in [0.05, 0.1) is 12.1 Å². The molecular weight excluding hydrogens is 277 g/mol.